The lowest BCUT2D eigenvalue weighted by Gasteiger charge is -2.11. The van der Waals surface area contributed by atoms with Crippen molar-refractivity contribution in [3.05, 3.63) is 53.9 Å². The summed E-state index contributed by atoms with van der Waals surface area (Å²) in [6.07, 6.45) is -2.22. The monoisotopic (exact) mass is 382 g/mol. The number of halogens is 3. The number of nitrogens with zero attached hydrogens (tertiary/aromatic N) is 1. The highest BCUT2D eigenvalue weighted by molar-refractivity contribution is 5.92. The summed E-state index contributed by atoms with van der Waals surface area (Å²) in [5.41, 5.74) is 1.04. The number of carbonyl (C=O) groups is 1. The van der Waals surface area contributed by atoms with Crippen LogP contribution in [0.2, 0.25) is 0 Å². The summed E-state index contributed by atoms with van der Waals surface area (Å²) in [5, 5.41) is 2.82. The van der Waals surface area contributed by atoms with Crippen LogP contribution in [0.1, 0.15) is 36.3 Å². The van der Waals surface area contributed by atoms with E-state index in [1.165, 1.54) is 30.5 Å². The Bertz CT molecular complexity index is 731. The van der Waals surface area contributed by atoms with Gasteiger partial charge in [-0.3, -0.25) is 9.78 Å². The van der Waals surface area contributed by atoms with Gasteiger partial charge in [-0.25, -0.2) is 0 Å². The molecule has 0 saturated heterocycles. The van der Waals surface area contributed by atoms with Gasteiger partial charge in [0.1, 0.15) is 23.8 Å². The van der Waals surface area contributed by atoms with E-state index in [4.69, 9.17) is 4.74 Å². The van der Waals surface area contributed by atoms with Gasteiger partial charge in [0, 0.05) is 18.3 Å². The van der Waals surface area contributed by atoms with Crippen molar-refractivity contribution in [3.63, 3.8) is 0 Å². The number of alkyl halides is 3. The van der Waals surface area contributed by atoms with Crippen LogP contribution < -0.4 is 14.8 Å². The molecular formula is C19H21F3N2O3. The normalized spacial score (nSPS) is 12.3. The number of amides is 1. The van der Waals surface area contributed by atoms with Gasteiger partial charge in [0.05, 0.1) is 0 Å². The zero-order valence-electron chi connectivity index (χ0n) is 15.0. The van der Waals surface area contributed by atoms with E-state index in [0.29, 0.717) is 23.9 Å². The highest BCUT2D eigenvalue weighted by atomic mass is 19.4. The molecule has 1 heterocycles. The zero-order valence-corrected chi connectivity index (χ0v) is 15.0. The molecule has 1 unspecified atom stereocenters. The van der Waals surface area contributed by atoms with Crippen LogP contribution in [0.15, 0.2) is 42.6 Å². The number of hydrogen-bond acceptors (Lipinski definition) is 4. The van der Waals surface area contributed by atoms with E-state index >= 15 is 0 Å². The third-order valence-corrected chi connectivity index (χ3v) is 3.83. The van der Waals surface area contributed by atoms with E-state index < -0.39 is 6.36 Å². The third kappa shape index (κ3) is 7.16. The van der Waals surface area contributed by atoms with Crippen LogP contribution in [0, 0.1) is 5.92 Å². The number of hydrogen-bond donors (Lipinski definition) is 1. The molecule has 0 saturated carbocycles. The van der Waals surface area contributed by atoms with Crippen LogP contribution in [0.3, 0.4) is 0 Å². The summed E-state index contributed by atoms with van der Waals surface area (Å²) in [5.74, 6) is 0.238. The highest BCUT2D eigenvalue weighted by Crippen LogP contribution is 2.25. The molecule has 27 heavy (non-hydrogen) atoms. The van der Waals surface area contributed by atoms with E-state index in [2.05, 4.69) is 28.9 Å². The van der Waals surface area contributed by atoms with Gasteiger partial charge in [-0.05, 0) is 36.2 Å². The third-order valence-electron chi connectivity index (χ3n) is 3.83. The molecule has 5 nitrogen and oxygen atoms in total. The van der Waals surface area contributed by atoms with Gasteiger partial charge in [0.25, 0.3) is 5.91 Å². The molecule has 1 atom stereocenters. The molecule has 1 amide bonds. The van der Waals surface area contributed by atoms with E-state index in [-0.39, 0.29) is 18.3 Å². The Morgan fingerprint density at radius 2 is 1.81 bits per heavy atom. The first-order valence-corrected chi connectivity index (χ1v) is 8.48. The first-order chi connectivity index (χ1) is 12.8. The van der Waals surface area contributed by atoms with Crippen LogP contribution >= 0.6 is 0 Å². The van der Waals surface area contributed by atoms with Crippen molar-refractivity contribution in [3.8, 4) is 11.5 Å². The van der Waals surface area contributed by atoms with Crippen LogP contribution in [0.5, 0.6) is 11.5 Å². The number of benzene rings is 1. The summed E-state index contributed by atoms with van der Waals surface area (Å²) in [6, 6.07) is 8.42. The SMILES string of the molecule is CCC(C)CNC(=O)c1ccc(COc2ccc(OC(F)(F)F)cc2)cn1. The summed E-state index contributed by atoms with van der Waals surface area (Å²) < 4.78 is 45.6. The van der Waals surface area contributed by atoms with Crippen molar-refractivity contribution < 1.29 is 27.4 Å². The highest BCUT2D eigenvalue weighted by Gasteiger charge is 2.30. The Labute approximate surface area is 155 Å². The van der Waals surface area contributed by atoms with Crippen LogP contribution in [0.25, 0.3) is 0 Å². The fraction of sp³-hybridized carbons (Fsp3) is 0.368. The Morgan fingerprint density at radius 3 is 2.37 bits per heavy atom. The lowest BCUT2D eigenvalue weighted by atomic mass is 10.1. The number of aromatic nitrogens is 1. The molecule has 2 rings (SSSR count). The first-order valence-electron chi connectivity index (χ1n) is 8.48. The lowest BCUT2D eigenvalue weighted by molar-refractivity contribution is -0.274. The van der Waals surface area contributed by atoms with Gasteiger partial charge in [0.15, 0.2) is 0 Å². The number of rotatable bonds is 8. The van der Waals surface area contributed by atoms with E-state index in [1.54, 1.807) is 12.1 Å². The summed E-state index contributed by atoms with van der Waals surface area (Å²) in [7, 11) is 0. The van der Waals surface area contributed by atoms with Crippen molar-refractivity contribution in [2.45, 2.75) is 33.2 Å². The second-order valence-electron chi connectivity index (χ2n) is 6.08. The van der Waals surface area contributed by atoms with Crippen LogP contribution in [0.4, 0.5) is 13.2 Å². The van der Waals surface area contributed by atoms with Crippen LogP contribution in [-0.2, 0) is 6.61 Å². The lowest BCUT2D eigenvalue weighted by Crippen LogP contribution is -2.28. The minimum atomic E-state index is -4.73. The molecule has 0 bridgehead atoms. The zero-order chi connectivity index (χ0) is 19.9. The molecule has 1 aromatic carbocycles. The van der Waals surface area contributed by atoms with Crippen molar-refractivity contribution in [2.24, 2.45) is 5.92 Å². The van der Waals surface area contributed by atoms with Gasteiger partial charge in [-0.2, -0.15) is 0 Å². The fourth-order valence-corrected chi connectivity index (χ4v) is 2.05. The average Bonchev–Trinajstić information content (AvgIpc) is 2.64. The van der Waals surface area contributed by atoms with E-state index in [9.17, 15) is 18.0 Å². The van der Waals surface area contributed by atoms with Gasteiger partial charge >= 0.3 is 6.36 Å². The van der Waals surface area contributed by atoms with Crippen molar-refractivity contribution in [1.29, 1.82) is 0 Å². The topological polar surface area (TPSA) is 60.5 Å². The maximum Gasteiger partial charge on any atom is 0.573 e. The number of nitrogens with one attached hydrogen (secondary N) is 1. The Morgan fingerprint density at radius 1 is 1.15 bits per heavy atom. The quantitative estimate of drug-likeness (QED) is 0.738. The molecule has 1 N–H and O–H groups in total. The minimum Gasteiger partial charge on any atom is -0.489 e. The molecule has 146 valence electrons. The van der Waals surface area contributed by atoms with Crippen molar-refractivity contribution in [2.75, 3.05) is 6.54 Å². The molecule has 0 aliphatic carbocycles. The van der Waals surface area contributed by atoms with E-state index in [1.807, 2.05) is 0 Å². The van der Waals surface area contributed by atoms with Gasteiger partial charge < -0.3 is 14.8 Å². The molecule has 0 fully saturated rings. The molecular weight excluding hydrogens is 361 g/mol. The predicted octanol–water partition coefficient (Wildman–Crippen LogP) is 4.34. The number of pyridine rings is 1. The molecule has 0 aliphatic heterocycles. The maximum absolute atomic E-state index is 12.1. The van der Waals surface area contributed by atoms with Gasteiger partial charge in [0.2, 0.25) is 0 Å². The molecule has 0 radical (unpaired) electrons. The number of ether oxygens (including phenoxy) is 2. The predicted molar refractivity (Wildman–Crippen MR) is 93.5 cm³/mol. The second-order valence-corrected chi connectivity index (χ2v) is 6.08. The summed E-state index contributed by atoms with van der Waals surface area (Å²) in [6.45, 7) is 4.87. The standard InChI is InChI=1S/C19H21F3N2O3/c1-3-13(2)10-24-18(25)17-9-4-14(11-23-17)12-26-15-5-7-16(8-6-15)27-19(20,21)22/h4-9,11,13H,3,10,12H2,1-2H3,(H,24,25). The largest absolute Gasteiger partial charge is 0.573 e. The Balaban J connectivity index is 1.85. The molecule has 2 aromatic rings. The Hall–Kier alpha value is -2.77. The van der Waals surface area contributed by atoms with E-state index in [0.717, 1.165) is 12.0 Å². The minimum absolute atomic E-state index is 0.168. The summed E-state index contributed by atoms with van der Waals surface area (Å²) >= 11 is 0. The average molecular weight is 382 g/mol. The number of carbonyl (C=O) groups excluding carboxylic acids is 1. The fourth-order valence-electron chi connectivity index (χ4n) is 2.05. The summed E-state index contributed by atoms with van der Waals surface area (Å²) in [4.78, 5) is 16.1. The van der Waals surface area contributed by atoms with Crippen molar-refractivity contribution in [1.82, 2.24) is 10.3 Å². The molecule has 0 spiro atoms. The first kappa shape index (κ1) is 20.5. The maximum atomic E-state index is 12.1. The molecule has 0 aliphatic rings. The Kier molecular flexibility index (Phi) is 7.04. The molecule has 1 aromatic heterocycles. The second kappa shape index (κ2) is 9.25. The van der Waals surface area contributed by atoms with Crippen LogP contribution in [-0.4, -0.2) is 23.8 Å². The molecule has 8 heteroatoms. The van der Waals surface area contributed by atoms with Crippen molar-refractivity contribution >= 4 is 5.91 Å². The smallest absolute Gasteiger partial charge is 0.489 e. The van der Waals surface area contributed by atoms with Gasteiger partial charge in [-0.1, -0.05) is 26.3 Å². The van der Waals surface area contributed by atoms with Gasteiger partial charge in [-0.15, -0.1) is 13.2 Å².